The summed E-state index contributed by atoms with van der Waals surface area (Å²) in [6.07, 6.45) is 0.609. The zero-order valence-corrected chi connectivity index (χ0v) is 16.2. The Morgan fingerprint density at radius 2 is 2.00 bits per heavy atom. The molecule has 0 fully saturated rings. The first kappa shape index (κ1) is 21.3. The molecule has 0 spiro atoms. The Bertz CT molecular complexity index is 1030. The van der Waals surface area contributed by atoms with Gasteiger partial charge >= 0.3 is 11.7 Å². The van der Waals surface area contributed by atoms with E-state index in [-0.39, 0.29) is 22.5 Å². The number of aryl methyl sites for hydroxylation is 1. The molecule has 0 radical (unpaired) electrons. The van der Waals surface area contributed by atoms with Gasteiger partial charge < -0.3 is 15.5 Å². The number of aromatic amines is 1. The molecular formula is C18H24N4O6. The highest BCUT2D eigenvalue weighted by molar-refractivity contribution is 6.05. The summed E-state index contributed by atoms with van der Waals surface area (Å²) in [6.45, 7) is 6.34. The first-order chi connectivity index (χ1) is 13.0. The first-order valence-corrected chi connectivity index (χ1v) is 8.91. The smallest absolute Gasteiger partial charge is 0.337 e. The molecule has 1 unspecified atom stereocenters. The highest BCUT2D eigenvalue weighted by Crippen LogP contribution is 2.20. The monoisotopic (exact) mass is 392 g/mol. The van der Waals surface area contributed by atoms with E-state index >= 15 is 0 Å². The number of nitrogens with one attached hydrogen (secondary N) is 2. The molecule has 10 heteroatoms. The number of carboxylic acids is 1. The van der Waals surface area contributed by atoms with E-state index < -0.39 is 35.3 Å². The number of hydrogen-bond acceptors (Lipinski definition) is 6. The third kappa shape index (κ3) is 4.11. The van der Waals surface area contributed by atoms with Crippen molar-refractivity contribution in [3.63, 3.8) is 0 Å². The van der Waals surface area contributed by atoms with Gasteiger partial charge in [-0.05, 0) is 25.3 Å². The zero-order chi connectivity index (χ0) is 21.2. The van der Waals surface area contributed by atoms with Gasteiger partial charge in [0.15, 0.2) is 11.2 Å². The summed E-state index contributed by atoms with van der Waals surface area (Å²) in [5.41, 5.74) is -3.00. The fraction of sp³-hybridized carbons (Fsp3) is 0.500. The van der Waals surface area contributed by atoms with Gasteiger partial charge in [-0.15, -0.1) is 0 Å². The molecule has 0 aliphatic carbocycles. The van der Waals surface area contributed by atoms with Crippen LogP contribution in [0.4, 0.5) is 0 Å². The second-order valence-corrected chi connectivity index (χ2v) is 7.12. The Morgan fingerprint density at radius 1 is 1.36 bits per heavy atom. The van der Waals surface area contributed by atoms with Crippen LogP contribution in [-0.2, 0) is 11.3 Å². The maximum atomic E-state index is 12.7. The van der Waals surface area contributed by atoms with Gasteiger partial charge in [0, 0.05) is 12.2 Å². The molecule has 0 saturated carbocycles. The second kappa shape index (κ2) is 7.93. The van der Waals surface area contributed by atoms with Gasteiger partial charge in [-0.2, -0.15) is 0 Å². The fourth-order valence-electron chi connectivity index (χ4n) is 2.62. The Kier molecular flexibility index (Phi) is 6.03. The predicted octanol–water partition coefficient (Wildman–Crippen LogP) is 0.184. The van der Waals surface area contributed by atoms with Crippen LogP contribution in [0.1, 0.15) is 56.1 Å². The van der Waals surface area contributed by atoms with E-state index in [0.29, 0.717) is 18.7 Å². The van der Waals surface area contributed by atoms with Crippen LogP contribution in [0.5, 0.6) is 0 Å². The maximum Gasteiger partial charge on any atom is 0.337 e. The largest absolute Gasteiger partial charge is 0.479 e. The van der Waals surface area contributed by atoms with Crippen LogP contribution in [0.3, 0.4) is 0 Å². The van der Waals surface area contributed by atoms with Crippen molar-refractivity contribution in [3.05, 3.63) is 38.2 Å². The van der Waals surface area contributed by atoms with Gasteiger partial charge in [0.2, 0.25) is 0 Å². The number of aromatic nitrogens is 3. The normalized spacial score (nSPS) is 13.5. The summed E-state index contributed by atoms with van der Waals surface area (Å²) in [6, 6.07) is 1.44. The van der Waals surface area contributed by atoms with Gasteiger partial charge in [0.1, 0.15) is 0 Å². The van der Waals surface area contributed by atoms with E-state index in [4.69, 9.17) is 5.11 Å². The average Bonchev–Trinajstić information content (AvgIpc) is 2.61. The molecule has 0 bridgehead atoms. The second-order valence-electron chi connectivity index (χ2n) is 7.12. The van der Waals surface area contributed by atoms with Crippen LogP contribution >= 0.6 is 0 Å². The topological polar surface area (TPSA) is 154 Å². The van der Waals surface area contributed by atoms with E-state index in [1.165, 1.54) is 10.6 Å². The SMILES string of the molecule is CCCn1c(=O)[nH]c(=O)c2c(C(=O)NCC(C)(O)C(=O)O)cc(C(C)C)nc21. The van der Waals surface area contributed by atoms with Crippen molar-refractivity contribution in [3.8, 4) is 0 Å². The lowest BCUT2D eigenvalue weighted by Crippen LogP contribution is -2.46. The Labute approximate surface area is 160 Å². The van der Waals surface area contributed by atoms with Gasteiger partial charge in [0.25, 0.3) is 11.5 Å². The predicted molar refractivity (Wildman–Crippen MR) is 102 cm³/mol. The number of aliphatic carboxylic acids is 1. The third-order valence-electron chi connectivity index (χ3n) is 4.31. The summed E-state index contributed by atoms with van der Waals surface area (Å²) < 4.78 is 1.30. The molecule has 28 heavy (non-hydrogen) atoms. The summed E-state index contributed by atoms with van der Waals surface area (Å²) >= 11 is 0. The van der Waals surface area contributed by atoms with Gasteiger partial charge in [-0.3, -0.25) is 19.1 Å². The first-order valence-electron chi connectivity index (χ1n) is 8.91. The summed E-state index contributed by atoms with van der Waals surface area (Å²) in [5, 5.41) is 21.1. The Balaban J connectivity index is 2.69. The number of pyridine rings is 1. The molecule has 1 atom stereocenters. The number of rotatable bonds is 7. The van der Waals surface area contributed by atoms with Gasteiger partial charge in [-0.1, -0.05) is 20.8 Å². The molecule has 1 amide bonds. The molecule has 152 valence electrons. The molecule has 4 N–H and O–H groups in total. The van der Waals surface area contributed by atoms with Crippen LogP contribution in [0.25, 0.3) is 11.0 Å². The summed E-state index contributed by atoms with van der Waals surface area (Å²) in [5.74, 6) is -2.34. The molecule has 0 aliphatic heterocycles. The number of nitrogens with zero attached hydrogens (tertiary/aromatic N) is 2. The van der Waals surface area contributed by atoms with E-state index in [1.807, 2.05) is 20.8 Å². The number of carbonyl (C=O) groups excluding carboxylic acids is 1. The van der Waals surface area contributed by atoms with Crippen molar-refractivity contribution in [2.45, 2.75) is 52.2 Å². The quantitative estimate of drug-likeness (QED) is 0.524. The van der Waals surface area contributed by atoms with Crippen LogP contribution in [0.2, 0.25) is 0 Å². The molecule has 2 aromatic rings. The lowest BCUT2D eigenvalue weighted by Gasteiger charge is -2.19. The minimum absolute atomic E-state index is 0.0407. The average molecular weight is 392 g/mol. The fourth-order valence-corrected chi connectivity index (χ4v) is 2.62. The van der Waals surface area contributed by atoms with Crippen LogP contribution in [0.15, 0.2) is 15.7 Å². The third-order valence-corrected chi connectivity index (χ3v) is 4.31. The van der Waals surface area contributed by atoms with E-state index in [0.717, 1.165) is 6.92 Å². The van der Waals surface area contributed by atoms with E-state index in [9.17, 15) is 24.3 Å². The van der Waals surface area contributed by atoms with Crippen molar-refractivity contribution in [1.29, 1.82) is 0 Å². The lowest BCUT2D eigenvalue weighted by atomic mass is 10.0. The number of fused-ring (bicyclic) bond motifs is 1. The van der Waals surface area contributed by atoms with Crippen molar-refractivity contribution < 1.29 is 19.8 Å². The highest BCUT2D eigenvalue weighted by atomic mass is 16.4. The number of carbonyl (C=O) groups is 2. The van der Waals surface area contributed by atoms with E-state index in [1.54, 1.807) is 0 Å². The minimum atomic E-state index is -2.17. The van der Waals surface area contributed by atoms with E-state index in [2.05, 4.69) is 15.3 Å². The summed E-state index contributed by atoms with van der Waals surface area (Å²) in [7, 11) is 0. The van der Waals surface area contributed by atoms with Crippen molar-refractivity contribution >= 4 is 22.9 Å². The minimum Gasteiger partial charge on any atom is -0.479 e. The molecule has 2 rings (SSSR count). The zero-order valence-electron chi connectivity index (χ0n) is 16.2. The van der Waals surface area contributed by atoms with Crippen molar-refractivity contribution in [2.75, 3.05) is 6.54 Å². The van der Waals surface area contributed by atoms with Gasteiger partial charge in [0.05, 0.1) is 17.5 Å². The number of carboxylic acid groups (broad SMARTS) is 1. The van der Waals surface area contributed by atoms with Crippen LogP contribution < -0.4 is 16.6 Å². The highest BCUT2D eigenvalue weighted by Gasteiger charge is 2.31. The number of aliphatic hydroxyl groups is 1. The number of hydrogen-bond donors (Lipinski definition) is 4. The number of H-pyrrole nitrogens is 1. The summed E-state index contributed by atoms with van der Waals surface area (Å²) in [4.78, 5) is 55.0. The Hall–Kier alpha value is -3.01. The van der Waals surface area contributed by atoms with Crippen molar-refractivity contribution in [2.24, 2.45) is 0 Å². The maximum absolute atomic E-state index is 12.7. The molecule has 0 saturated heterocycles. The van der Waals surface area contributed by atoms with Crippen molar-refractivity contribution in [1.82, 2.24) is 19.9 Å². The van der Waals surface area contributed by atoms with Crippen LogP contribution in [0, 0.1) is 0 Å². The molecule has 0 aliphatic rings. The molecular weight excluding hydrogens is 368 g/mol. The molecule has 2 aromatic heterocycles. The Morgan fingerprint density at radius 3 is 2.54 bits per heavy atom. The molecule has 0 aromatic carbocycles. The van der Waals surface area contributed by atoms with Crippen LogP contribution in [-0.4, -0.2) is 48.8 Å². The van der Waals surface area contributed by atoms with Gasteiger partial charge in [-0.25, -0.2) is 14.6 Å². The lowest BCUT2D eigenvalue weighted by molar-refractivity contribution is -0.155. The molecule has 2 heterocycles. The standard InChI is InChI=1S/C18H24N4O6/c1-5-6-22-13-12(15(24)21-17(22)27)10(7-11(20-13)9(2)3)14(23)19-8-18(4,28)16(25)26/h7,9,28H,5-6,8H2,1-4H3,(H,19,23)(H,25,26)(H,21,24,27). The number of amides is 1. The molecule has 10 nitrogen and oxygen atoms in total.